The summed E-state index contributed by atoms with van der Waals surface area (Å²) < 4.78 is 10.8. The number of aliphatic hydroxyl groups excluding tert-OH is 1. The van der Waals surface area contributed by atoms with Crippen molar-refractivity contribution in [2.24, 2.45) is 5.92 Å². The third kappa shape index (κ3) is 4.94. The van der Waals surface area contributed by atoms with Crippen molar-refractivity contribution in [1.29, 1.82) is 0 Å². The normalized spacial score (nSPS) is 16.5. The van der Waals surface area contributed by atoms with Gasteiger partial charge in [0.1, 0.15) is 18.5 Å². The van der Waals surface area contributed by atoms with Gasteiger partial charge in [-0.2, -0.15) is 0 Å². The lowest BCUT2D eigenvalue weighted by atomic mass is 10.3. The second-order valence-corrected chi connectivity index (χ2v) is 4.84. The molecule has 1 fully saturated rings. The van der Waals surface area contributed by atoms with Gasteiger partial charge in [-0.25, -0.2) is 0 Å². The lowest BCUT2D eigenvalue weighted by molar-refractivity contribution is 0.0104. The fourth-order valence-corrected chi connectivity index (χ4v) is 1.72. The molecule has 1 aliphatic rings. The third-order valence-electron chi connectivity index (χ3n) is 2.98. The van der Waals surface area contributed by atoms with E-state index in [1.807, 2.05) is 12.1 Å². The Kier molecular flexibility index (Phi) is 4.84. The van der Waals surface area contributed by atoms with Crippen LogP contribution < -0.4 is 10.5 Å². The summed E-state index contributed by atoms with van der Waals surface area (Å²) in [4.78, 5) is 0. The molecule has 2 rings (SSSR count). The van der Waals surface area contributed by atoms with Gasteiger partial charge in [0, 0.05) is 18.4 Å². The van der Waals surface area contributed by atoms with Crippen molar-refractivity contribution in [2.45, 2.75) is 25.4 Å². The number of anilines is 1. The highest BCUT2D eigenvalue weighted by molar-refractivity contribution is 5.43. The minimum absolute atomic E-state index is 0.229. The predicted octanol–water partition coefficient (Wildman–Crippen LogP) is 1.83. The van der Waals surface area contributed by atoms with Crippen molar-refractivity contribution >= 4 is 5.69 Å². The van der Waals surface area contributed by atoms with Crippen molar-refractivity contribution in [3.8, 4) is 5.75 Å². The highest BCUT2D eigenvalue weighted by Gasteiger charge is 2.20. The molecule has 4 heteroatoms. The summed E-state index contributed by atoms with van der Waals surface area (Å²) in [6, 6.07) is 7.17. The smallest absolute Gasteiger partial charge is 0.121 e. The van der Waals surface area contributed by atoms with E-state index in [0.29, 0.717) is 18.0 Å². The number of benzene rings is 1. The fraction of sp³-hybridized carbons (Fsp3) is 0.571. The maximum Gasteiger partial charge on any atom is 0.121 e. The molecule has 0 saturated heterocycles. The average Bonchev–Trinajstić information content (AvgIpc) is 3.16. The molecule has 1 aliphatic carbocycles. The first-order chi connectivity index (χ1) is 8.74. The third-order valence-corrected chi connectivity index (χ3v) is 2.98. The highest BCUT2D eigenvalue weighted by Crippen LogP contribution is 2.32. The van der Waals surface area contributed by atoms with Gasteiger partial charge in [0.05, 0.1) is 6.61 Å². The van der Waals surface area contributed by atoms with E-state index in [-0.39, 0.29) is 6.61 Å². The zero-order valence-corrected chi connectivity index (χ0v) is 10.5. The number of ether oxygens (including phenoxy) is 2. The summed E-state index contributed by atoms with van der Waals surface area (Å²) in [6.45, 7) is 1.29. The van der Waals surface area contributed by atoms with Crippen molar-refractivity contribution in [3.05, 3.63) is 24.3 Å². The van der Waals surface area contributed by atoms with Crippen LogP contribution in [0.1, 0.15) is 19.3 Å². The van der Waals surface area contributed by atoms with Crippen LogP contribution in [0.25, 0.3) is 0 Å². The molecule has 0 aliphatic heterocycles. The number of hydrogen-bond donors (Lipinski definition) is 2. The second-order valence-electron chi connectivity index (χ2n) is 4.84. The van der Waals surface area contributed by atoms with Crippen LogP contribution in [0.15, 0.2) is 24.3 Å². The molecular formula is C14H21NO3. The van der Waals surface area contributed by atoms with Crippen LogP contribution in [-0.2, 0) is 4.74 Å². The molecule has 0 aromatic heterocycles. The van der Waals surface area contributed by atoms with Gasteiger partial charge in [0.15, 0.2) is 0 Å². The van der Waals surface area contributed by atoms with Gasteiger partial charge in [-0.1, -0.05) is 18.9 Å². The van der Waals surface area contributed by atoms with E-state index in [9.17, 15) is 5.11 Å². The van der Waals surface area contributed by atoms with E-state index in [1.165, 1.54) is 12.8 Å². The Labute approximate surface area is 108 Å². The molecule has 18 heavy (non-hydrogen) atoms. The van der Waals surface area contributed by atoms with Gasteiger partial charge in [-0.05, 0) is 24.5 Å². The fourth-order valence-electron chi connectivity index (χ4n) is 1.72. The standard InChI is InChI=1S/C14H21NO3/c15-12-2-1-3-14(8-12)18-10-13(16)9-17-7-6-11-4-5-11/h1-3,8,11,13,16H,4-7,9-10,15H2. The van der Waals surface area contributed by atoms with Crippen molar-refractivity contribution in [3.63, 3.8) is 0 Å². The molecule has 1 saturated carbocycles. The second kappa shape index (κ2) is 6.61. The van der Waals surface area contributed by atoms with Gasteiger partial charge in [0.25, 0.3) is 0 Å². The van der Waals surface area contributed by atoms with Crippen LogP contribution in [0.2, 0.25) is 0 Å². The molecule has 0 spiro atoms. The molecule has 1 aromatic carbocycles. The summed E-state index contributed by atoms with van der Waals surface area (Å²) in [5.41, 5.74) is 6.29. The van der Waals surface area contributed by atoms with E-state index in [0.717, 1.165) is 18.9 Å². The summed E-state index contributed by atoms with van der Waals surface area (Å²) in [7, 11) is 0. The van der Waals surface area contributed by atoms with Gasteiger partial charge >= 0.3 is 0 Å². The first kappa shape index (κ1) is 13.2. The topological polar surface area (TPSA) is 64.7 Å². The van der Waals surface area contributed by atoms with Crippen LogP contribution in [0.4, 0.5) is 5.69 Å². The van der Waals surface area contributed by atoms with Gasteiger partial charge in [0.2, 0.25) is 0 Å². The number of nitrogen functional groups attached to an aromatic ring is 1. The van der Waals surface area contributed by atoms with Crippen LogP contribution >= 0.6 is 0 Å². The van der Waals surface area contributed by atoms with Crippen LogP contribution in [0.3, 0.4) is 0 Å². The Morgan fingerprint density at radius 3 is 2.89 bits per heavy atom. The summed E-state index contributed by atoms with van der Waals surface area (Å²) in [5, 5.41) is 9.68. The molecule has 1 atom stereocenters. The van der Waals surface area contributed by atoms with Crippen LogP contribution in [-0.4, -0.2) is 31.0 Å². The van der Waals surface area contributed by atoms with E-state index < -0.39 is 6.10 Å². The van der Waals surface area contributed by atoms with Crippen molar-refractivity contribution in [1.82, 2.24) is 0 Å². The maximum atomic E-state index is 9.68. The maximum absolute atomic E-state index is 9.68. The summed E-state index contributed by atoms with van der Waals surface area (Å²) >= 11 is 0. The molecule has 1 unspecified atom stereocenters. The minimum atomic E-state index is -0.592. The van der Waals surface area contributed by atoms with E-state index >= 15 is 0 Å². The number of rotatable bonds is 8. The summed E-state index contributed by atoms with van der Waals surface area (Å²) in [5.74, 6) is 1.54. The van der Waals surface area contributed by atoms with E-state index in [1.54, 1.807) is 12.1 Å². The van der Waals surface area contributed by atoms with E-state index in [2.05, 4.69) is 0 Å². The zero-order chi connectivity index (χ0) is 12.8. The highest BCUT2D eigenvalue weighted by atomic mass is 16.5. The first-order valence-electron chi connectivity index (χ1n) is 6.48. The van der Waals surface area contributed by atoms with Crippen molar-refractivity contribution < 1.29 is 14.6 Å². The average molecular weight is 251 g/mol. The Morgan fingerprint density at radius 2 is 2.17 bits per heavy atom. The van der Waals surface area contributed by atoms with Crippen LogP contribution in [0.5, 0.6) is 5.75 Å². The predicted molar refractivity (Wildman–Crippen MR) is 70.5 cm³/mol. The van der Waals surface area contributed by atoms with Gasteiger partial charge < -0.3 is 20.3 Å². The summed E-state index contributed by atoms with van der Waals surface area (Å²) in [6.07, 6.45) is 3.20. The zero-order valence-electron chi connectivity index (χ0n) is 10.5. The molecule has 4 nitrogen and oxygen atoms in total. The Hall–Kier alpha value is -1.26. The first-order valence-corrected chi connectivity index (χ1v) is 6.48. The van der Waals surface area contributed by atoms with Crippen molar-refractivity contribution in [2.75, 3.05) is 25.6 Å². The molecule has 1 aromatic rings. The minimum Gasteiger partial charge on any atom is -0.491 e. The van der Waals surface area contributed by atoms with E-state index in [4.69, 9.17) is 15.2 Å². The van der Waals surface area contributed by atoms with Crippen LogP contribution in [0, 0.1) is 5.92 Å². The molecule has 100 valence electrons. The Balaban J connectivity index is 1.57. The quantitative estimate of drug-likeness (QED) is 0.546. The number of aliphatic hydroxyl groups is 1. The lowest BCUT2D eigenvalue weighted by Crippen LogP contribution is -2.23. The Morgan fingerprint density at radius 1 is 1.33 bits per heavy atom. The molecule has 0 heterocycles. The molecule has 0 bridgehead atoms. The lowest BCUT2D eigenvalue weighted by Gasteiger charge is -2.13. The number of hydrogen-bond acceptors (Lipinski definition) is 4. The SMILES string of the molecule is Nc1cccc(OCC(O)COCCC2CC2)c1. The molecule has 0 amide bonds. The Bertz CT molecular complexity index is 366. The van der Waals surface area contributed by atoms with Gasteiger partial charge in [-0.15, -0.1) is 0 Å². The largest absolute Gasteiger partial charge is 0.491 e. The molecule has 0 radical (unpaired) electrons. The number of nitrogens with two attached hydrogens (primary N) is 1. The molecular weight excluding hydrogens is 230 g/mol. The monoisotopic (exact) mass is 251 g/mol. The van der Waals surface area contributed by atoms with Gasteiger partial charge in [-0.3, -0.25) is 0 Å². The molecule has 3 N–H and O–H groups in total.